The Kier molecular flexibility index (Phi) is 3.91. The summed E-state index contributed by atoms with van der Waals surface area (Å²) < 4.78 is 63.0. The zero-order valence-corrected chi connectivity index (χ0v) is 9.95. The maximum atomic E-state index is 12.8. The molecule has 104 valence electrons. The van der Waals surface area contributed by atoms with Crippen LogP contribution in [0.4, 0.5) is 8.78 Å². The molecule has 1 aliphatic rings. The Bertz CT molecular complexity index is 458. The zero-order valence-electron chi connectivity index (χ0n) is 9.13. The van der Waals surface area contributed by atoms with Gasteiger partial charge < -0.3 is 9.47 Å². The predicted octanol–water partition coefficient (Wildman–Crippen LogP) is 0.104. The van der Waals surface area contributed by atoms with Crippen molar-refractivity contribution in [1.82, 2.24) is 0 Å². The standard InChI is InChI=1S/C8H10F2O7S/c1-4-2-3-5(6(11)16-4)17-7(12)8(9,10)18(13,14)15/h4-5H,2-3H2,1H3,(H,13,14,15). The lowest BCUT2D eigenvalue weighted by Crippen LogP contribution is -2.44. The van der Waals surface area contributed by atoms with Crippen LogP contribution in [0.1, 0.15) is 19.8 Å². The van der Waals surface area contributed by atoms with Crippen LogP contribution in [0, 0.1) is 0 Å². The van der Waals surface area contributed by atoms with E-state index in [1.54, 1.807) is 6.92 Å². The van der Waals surface area contributed by atoms with Crippen molar-refractivity contribution in [1.29, 1.82) is 0 Å². The monoisotopic (exact) mass is 288 g/mol. The molecule has 1 saturated heterocycles. The van der Waals surface area contributed by atoms with E-state index < -0.39 is 39.5 Å². The van der Waals surface area contributed by atoms with Crippen molar-refractivity contribution < 1.29 is 40.8 Å². The average Bonchev–Trinajstić information content (AvgIpc) is 2.20. The van der Waals surface area contributed by atoms with Crippen molar-refractivity contribution >= 4 is 22.1 Å². The highest BCUT2D eigenvalue weighted by Gasteiger charge is 2.55. The maximum absolute atomic E-state index is 12.8. The lowest BCUT2D eigenvalue weighted by atomic mass is 10.1. The molecule has 1 aliphatic heterocycles. The topological polar surface area (TPSA) is 107 Å². The van der Waals surface area contributed by atoms with Crippen LogP contribution >= 0.6 is 0 Å². The quantitative estimate of drug-likeness (QED) is 0.580. The van der Waals surface area contributed by atoms with Crippen LogP contribution in [0.15, 0.2) is 0 Å². The largest absolute Gasteiger partial charge is 0.465 e. The number of carbonyl (C=O) groups excluding carboxylic acids is 2. The number of cyclic esters (lactones) is 1. The first-order chi connectivity index (χ1) is 8.05. The van der Waals surface area contributed by atoms with Crippen LogP contribution in [0.25, 0.3) is 0 Å². The Morgan fingerprint density at radius 3 is 2.50 bits per heavy atom. The van der Waals surface area contributed by atoms with Gasteiger partial charge in [0.1, 0.15) is 0 Å². The summed E-state index contributed by atoms with van der Waals surface area (Å²) in [6, 6.07) is 0. The van der Waals surface area contributed by atoms with Crippen LogP contribution in [0.5, 0.6) is 0 Å². The smallest absolute Gasteiger partial charge is 0.460 e. The summed E-state index contributed by atoms with van der Waals surface area (Å²) in [7, 11) is -5.94. The Morgan fingerprint density at radius 2 is 2.06 bits per heavy atom. The van der Waals surface area contributed by atoms with Crippen LogP contribution in [0.2, 0.25) is 0 Å². The molecule has 0 aromatic rings. The first-order valence-corrected chi connectivity index (χ1v) is 6.26. The van der Waals surface area contributed by atoms with Gasteiger partial charge in [0.15, 0.2) is 6.10 Å². The summed E-state index contributed by atoms with van der Waals surface area (Å²) in [6.07, 6.45) is -1.81. The number of alkyl halides is 2. The van der Waals surface area contributed by atoms with E-state index in [1.165, 1.54) is 0 Å². The van der Waals surface area contributed by atoms with Crippen LogP contribution in [-0.2, 0) is 29.2 Å². The maximum Gasteiger partial charge on any atom is 0.465 e. The van der Waals surface area contributed by atoms with E-state index in [0.29, 0.717) is 0 Å². The highest BCUT2D eigenvalue weighted by Crippen LogP contribution is 2.25. The fourth-order valence-corrected chi connectivity index (χ4v) is 1.51. The van der Waals surface area contributed by atoms with Gasteiger partial charge in [-0.15, -0.1) is 0 Å². The number of hydrogen-bond donors (Lipinski definition) is 1. The van der Waals surface area contributed by atoms with E-state index in [-0.39, 0.29) is 12.8 Å². The van der Waals surface area contributed by atoms with Crippen LogP contribution < -0.4 is 0 Å². The Labute approximate surface area is 101 Å². The van der Waals surface area contributed by atoms with Crippen molar-refractivity contribution in [2.45, 2.75) is 37.2 Å². The molecule has 1 fully saturated rings. The number of rotatable bonds is 3. The minimum Gasteiger partial charge on any atom is -0.460 e. The number of carbonyl (C=O) groups is 2. The lowest BCUT2D eigenvalue weighted by Gasteiger charge is -2.26. The normalized spacial score (nSPS) is 25.4. The fourth-order valence-electron chi connectivity index (χ4n) is 1.25. The highest BCUT2D eigenvalue weighted by atomic mass is 32.2. The number of ether oxygens (including phenoxy) is 2. The van der Waals surface area contributed by atoms with Crippen molar-refractivity contribution in [3.8, 4) is 0 Å². The fraction of sp³-hybridized carbons (Fsp3) is 0.750. The number of halogens is 2. The molecule has 1 N–H and O–H groups in total. The molecule has 1 rings (SSSR count). The van der Waals surface area contributed by atoms with Gasteiger partial charge in [-0.2, -0.15) is 17.2 Å². The first kappa shape index (κ1) is 14.8. The Balaban J connectivity index is 2.75. The molecular weight excluding hydrogens is 278 g/mol. The van der Waals surface area contributed by atoms with Crippen molar-refractivity contribution in [2.24, 2.45) is 0 Å². The summed E-state index contributed by atoms with van der Waals surface area (Å²) in [4.78, 5) is 22.0. The molecule has 0 aliphatic carbocycles. The molecule has 0 aromatic heterocycles. The van der Waals surface area contributed by atoms with E-state index in [0.717, 1.165) is 0 Å². The molecule has 0 saturated carbocycles. The second-order valence-corrected chi connectivity index (χ2v) is 5.17. The molecule has 2 atom stereocenters. The van der Waals surface area contributed by atoms with Gasteiger partial charge in [0.2, 0.25) is 0 Å². The van der Waals surface area contributed by atoms with Gasteiger partial charge in [0, 0.05) is 0 Å². The number of hydrogen-bond acceptors (Lipinski definition) is 6. The second-order valence-electron chi connectivity index (χ2n) is 3.71. The first-order valence-electron chi connectivity index (χ1n) is 4.82. The van der Waals surface area contributed by atoms with Gasteiger partial charge in [-0.3, -0.25) is 4.55 Å². The summed E-state index contributed by atoms with van der Waals surface area (Å²) in [5.41, 5.74) is 0. The van der Waals surface area contributed by atoms with E-state index >= 15 is 0 Å². The molecule has 10 heteroatoms. The minimum atomic E-state index is -5.94. The summed E-state index contributed by atoms with van der Waals surface area (Å²) in [5, 5.41) is -5.11. The average molecular weight is 288 g/mol. The molecule has 0 aromatic carbocycles. The second kappa shape index (κ2) is 4.76. The van der Waals surface area contributed by atoms with Gasteiger partial charge in [-0.1, -0.05) is 0 Å². The summed E-state index contributed by atoms with van der Waals surface area (Å²) >= 11 is 0. The molecule has 2 unspecified atom stereocenters. The van der Waals surface area contributed by atoms with E-state index in [4.69, 9.17) is 4.55 Å². The molecular formula is C8H10F2O7S. The third-order valence-corrected chi connectivity index (χ3v) is 3.04. The number of esters is 2. The molecule has 1 heterocycles. The van der Waals surface area contributed by atoms with E-state index in [2.05, 4.69) is 9.47 Å². The Hall–Kier alpha value is -1.29. The zero-order chi connectivity index (χ0) is 14.1. The van der Waals surface area contributed by atoms with Crippen LogP contribution in [-0.4, -0.2) is 42.4 Å². The molecule has 18 heavy (non-hydrogen) atoms. The Morgan fingerprint density at radius 1 is 1.50 bits per heavy atom. The third kappa shape index (κ3) is 2.93. The predicted molar refractivity (Wildman–Crippen MR) is 51.2 cm³/mol. The summed E-state index contributed by atoms with van der Waals surface area (Å²) in [5.74, 6) is -3.55. The van der Waals surface area contributed by atoms with Crippen molar-refractivity contribution in [3.05, 3.63) is 0 Å². The summed E-state index contributed by atoms with van der Waals surface area (Å²) in [6.45, 7) is 1.56. The minimum absolute atomic E-state index is 0.0622. The van der Waals surface area contributed by atoms with E-state index in [1.807, 2.05) is 0 Å². The SMILES string of the molecule is CC1CCC(OC(=O)C(F)(F)S(=O)(=O)O)C(=O)O1. The molecule has 0 radical (unpaired) electrons. The van der Waals surface area contributed by atoms with Crippen LogP contribution in [0.3, 0.4) is 0 Å². The van der Waals surface area contributed by atoms with Crippen molar-refractivity contribution in [2.75, 3.05) is 0 Å². The lowest BCUT2D eigenvalue weighted by molar-refractivity contribution is -0.186. The third-order valence-electron chi connectivity index (χ3n) is 2.23. The molecule has 0 bridgehead atoms. The molecule has 0 spiro atoms. The highest BCUT2D eigenvalue weighted by molar-refractivity contribution is 7.87. The molecule has 0 amide bonds. The van der Waals surface area contributed by atoms with Gasteiger partial charge in [0.05, 0.1) is 6.10 Å². The van der Waals surface area contributed by atoms with E-state index in [9.17, 15) is 26.8 Å². The van der Waals surface area contributed by atoms with Gasteiger partial charge in [-0.05, 0) is 19.8 Å². The van der Waals surface area contributed by atoms with Crippen molar-refractivity contribution in [3.63, 3.8) is 0 Å². The molecule has 7 nitrogen and oxygen atoms in total. The van der Waals surface area contributed by atoms with Gasteiger partial charge in [-0.25, -0.2) is 9.59 Å². The van der Waals surface area contributed by atoms with Gasteiger partial charge in [0.25, 0.3) is 0 Å². The van der Waals surface area contributed by atoms with Gasteiger partial charge >= 0.3 is 27.3 Å².